The van der Waals surface area contributed by atoms with Crippen molar-refractivity contribution < 1.29 is 23.7 Å². The minimum absolute atomic E-state index is 0.409. The third-order valence-electron chi connectivity index (χ3n) is 5.15. The first-order valence-corrected chi connectivity index (χ1v) is 10.1. The van der Waals surface area contributed by atoms with Crippen LogP contribution < -0.4 is 24.4 Å². The van der Waals surface area contributed by atoms with E-state index < -0.39 is 18.1 Å². The lowest BCUT2D eigenvalue weighted by Crippen LogP contribution is -2.44. The van der Waals surface area contributed by atoms with Gasteiger partial charge in [-0.2, -0.15) is 5.10 Å². The number of benzene rings is 3. The summed E-state index contributed by atoms with van der Waals surface area (Å²) in [6, 6.07) is 22.2. The van der Waals surface area contributed by atoms with Gasteiger partial charge in [-0.05, 0) is 42.8 Å². The van der Waals surface area contributed by atoms with Gasteiger partial charge in [0.15, 0.2) is 29.1 Å². The van der Waals surface area contributed by atoms with Crippen LogP contribution in [0.25, 0.3) is 0 Å². The molecule has 0 aliphatic carbocycles. The number of ether oxygens (including phenoxy) is 4. The maximum Gasteiger partial charge on any atom is 0.285 e. The van der Waals surface area contributed by atoms with Gasteiger partial charge in [0, 0.05) is 5.56 Å². The molecule has 1 heterocycles. The Kier molecular flexibility index (Phi) is 6.26. The number of para-hydroxylation sites is 2. The van der Waals surface area contributed by atoms with Crippen LogP contribution in [0.3, 0.4) is 0 Å². The molecule has 2 unspecified atom stereocenters. The van der Waals surface area contributed by atoms with Crippen LogP contribution in [0, 0.1) is 0 Å². The molecule has 0 spiro atoms. The molecule has 4 rings (SSSR count). The molecular weight excluding hydrogens is 408 g/mol. The van der Waals surface area contributed by atoms with Gasteiger partial charge in [-0.1, -0.05) is 42.5 Å². The van der Waals surface area contributed by atoms with E-state index in [9.17, 15) is 4.79 Å². The molecule has 1 N–H and O–H groups in total. The normalized spacial score (nSPS) is 17.4. The molecule has 32 heavy (non-hydrogen) atoms. The fourth-order valence-electron chi connectivity index (χ4n) is 3.45. The molecule has 1 aliphatic rings. The maximum absolute atomic E-state index is 13.1. The van der Waals surface area contributed by atoms with Crippen LogP contribution >= 0.6 is 0 Å². The standard InChI is InChI=1S/C25H24N2O5/c1-16(18-13-14-19(29-2)22(15-18)30-3)26-27-25(28)24-23(17-9-5-4-6-10-17)31-20-11-7-8-12-21(20)32-24/h4-15,23-24H,1-3H3,(H,27,28). The van der Waals surface area contributed by atoms with Gasteiger partial charge in [-0.15, -0.1) is 0 Å². The van der Waals surface area contributed by atoms with Crippen LogP contribution in [0.15, 0.2) is 77.9 Å². The Balaban J connectivity index is 1.57. The smallest absolute Gasteiger partial charge is 0.285 e. The monoisotopic (exact) mass is 432 g/mol. The van der Waals surface area contributed by atoms with E-state index in [4.69, 9.17) is 18.9 Å². The van der Waals surface area contributed by atoms with E-state index in [1.807, 2.05) is 54.6 Å². The summed E-state index contributed by atoms with van der Waals surface area (Å²) in [7, 11) is 3.14. The topological polar surface area (TPSA) is 78.4 Å². The number of hydrogen-bond donors (Lipinski definition) is 1. The Morgan fingerprint density at radius 1 is 0.875 bits per heavy atom. The molecule has 0 saturated carbocycles. The number of carbonyl (C=O) groups is 1. The van der Waals surface area contributed by atoms with E-state index in [2.05, 4.69) is 10.5 Å². The molecule has 3 aromatic rings. The highest BCUT2D eigenvalue weighted by Crippen LogP contribution is 2.39. The first kappa shape index (κ1) is 21.2. The van der Waals surface area contributed by atoms with Gasteiger partial charge in [0.2, 0.25) is 6.10 Å². The average molecular weight is 432 g/mol. The van der Waals surface area contributed by atoms with Crippen LogP contribution in [-0.4, -0.2) is 31.9 Å². The van der Waals surface area contributed by atoms with Crippen molar-refractivity contribution in [1.29, 1.82) is 0 Å². The van der Waals surface area contributed by atoms with Crippen molar-refractivity contribution in [3.05, 3.63) is 83.9 Å². The summed E-state index contributed by atoms with van der Waals surface area (Å²) in [4.78, 5) is 13.1. The van der Waals surface area contributed by atoms with E-state index in [0.717, 1.165) is 11.1 Å². The predicted molar refractivity (Wildman–Crippen MR) is 121 cm³/mol. The summed E-state index contributed by atoms with van der Waals surface area (Å²) in [6.45, 7) is 1.80. The summed E-state index contributed by atoms with van der Waals surface area (Å²) in [5.74, 6) is 1.89. The Bertz CT molecular complexity index is 1130. The van der Waals surface area contributed by atoms with Crippen molar-refractivity contribution in [2.75, 3.05) is 14.2 Å². The highest BCUT2D eigenvalue weighted by Gasteiger charge is 2.38. The van der Waals surface area contributed by atoms with E-state index in [1.54, 1.807) is 39.3 Å². The fourth-order valence-corrected chi connectivity index (χ4v) is 3.45. The van der Waals surface area contributed by atoms with Gasteiger partial charge in [-0.25, -0.2) is 5.43 Å². The minimum atomic E-state index is -0.908. The van der Waals surface area contributed by atoms with E-state index >= 15 is 0 Å². The van der Waals surface area contributed by atoms with Crippen molar-refractivity contribution in [2.24, 2.45) is 5.10 Å². The number of nitrogens with one attached hydrogen (secondary N) is 1. The Morgan fingerprint density at radius 2 is 1.53 bits per heavy atom. The van der Waals surface area contributed by atoms with Crippen LogP contribution in [-0.2, 0) is 4.79 Å². The zero-order chi connectivity index (χ0) is 22.5. The van der Waals surface area contributed by atoms with E-state index in [-0.39, 0.29) is 0 Å². The summed E-state index contributed by atoms with van der Waals surface area (Å²) in [6.07, 6.45) is -1.52. The highest BCUT2D eigenvalue weighted by molar-refractivity contribution is 6.00. The molecule has 7 heteroatoms. The number of hydrazone groups is 1. The molecule has 0 fully saturated rings. The first-order chi connectivity index (χ1) is 15.6. The van der Waals surface area contributed by atoms with Crippen molar-refractivity contribution in [3.8, 4) is 23.0 Å². The van der Waals surface area contributed by atoms with Crippen molar-refractivity contribution in [1.82, 2.24) is 5.43 Å². The Labute approximate surface area is 186 Å². The van der Waals surface area contributed by atoms with Crippen LogP contribution in [0.4, 0.5) is 0 Å². The molecule has 1 amide bonds. The fraction of sp³-hybridized carbons (Fsp3) is 0.200. The number of fused-ring (bicyclic) bond motifs is 1. The Hall–Kier alpha value is -4.00. The third kappa shape index (κ3) is 4.37. The third-order valence-corrected chi connectivity index (χ3v) is 5.15. The summed E-state index contributed by atoms with van der Waals surface area (Å²) in [5.41, 5.74) is 4.85. The van der Waals surface area contributed by atoms with Gasteiger partial charge in [0.25, 0.3) is 5.91 Å². The molecular formula is C25H24N2O5. The lowest BCUT2D eigenvalue weighted by atomic mass is 10.0. The second kappa shape index (κ2) is 9.43. The largest absolute Gasteiger partial charge is 0.493 e. The minimum Gasteiger partial charge on any atom is -0.493 e. The number of methoxy groups -OCH3 is 2. The number of hydrogen-bond acceptors (Lipinski definition) is 6. The molecule has 1 aliphatic heterocycles. The molecule has 7 nitrogen and oxygen atoms in total. The van der Waals surface area contributed by atoms with Crippen LogP contribution in [0.5, 0.6) is 23.0 Å². The van der Waals surface area contributed by atoms with Gasteiger partial charge >= 0.3 is 0 Å². The SMILES string of the molecule is COc1ccc(C(C)=NNC(=O)C2Oc3ccccc3OC2c2ccccc2)cc1OC. The second-order valence-corrected chi connectivity index (χ2v) is 7.18. The zero-order valence-electron chi connectivity index (χ0n) is 18.1. The van der Waals surface area contributed by atoms with Gasteiger partial charge in [0.1, 0.15) is 0 Å². The van der Waals surface area contributed by atoms with Crippen LogP contribution in [0.2, 0.25) is 0 Å². The predicted octanol–water partition coefficient (Wildman–Crippen LogP) is 4.13. The summed E-state index contributed by atoms with van der Waals surface area (Å²) < 4.78 is 22.8. The highest BCUT2D eigenvalue weighted by atomic mass is 16.6. The molecule has 164 valence electrons. The maximum atomic E-state index is 13.1. The second-order valence-electron chi connectivity index (χ2n) is 7.18. The van der Waals surface area contributed by atoms with Crippen molar-refractivity contribution in [2.45, 2.75) is 19.1 Å². The number of nitrogens with zero attached hydrogens (tertiary/aromatic N) is 1. The number of carbonyl (C=O) groups excluding carboxylic acids is 1. The summed E-state index contributed by atoms with van der Waals surface area (Å²) >= 11 is 0. The lowest BCUT2D eigenvalue weighted by molar-refractivity contribution is -0.134. The first-order valence-electron chi connectivity index (χ1n) is 10.1. The van der Waals surface area contributed by atoms with Gasteiger partial charge < -0.3 is 18.9 Å². The molecule has 3 aromatic carbocycles. The molecule has 0 radical (unpaired) electrons. The van der Waals surface area contributed by atoms with Crippen molar-refractivity contribution in [3.63, 3.8) is 0 Å². The summed E-state index contributed by atoms with van der Waals surface area (Å²) in [5, 5.41) is 4.27. The van der Waals surface area contributed by atoms with Crippen LogP contribution in [0.1, 0.15) is 24.2 Å². The van der Waals surface area contributed by atoms with Gasteiger partial charge in [-0.3, -0.25) is 4.79 Å². The van der Waals surface area contributed by atoms with E-state index in [0.29, 0.717) is 28.7 Å². The molecule has 0 bridgehead atoms. The lowest BCUT2D eigenvalue weighted by Gasteiger charge is -2.33. The average Bonchev–Trinajstić information content (AvgIpc) is 2.86. The van der Waals surface area contributed by atoms with Crippen molar-refractivity contribution >= 4 is 11.6 Å². The quantitative estimate of drug-likeness (QED) is 0.468. The zero-order valence-corrected chi connectivity index (χ0v) is 18.1. The number of amides is 1. The molecule has 0 aromatic heterocycles. The molecule has 0 saturated heterocycles. The number of rotatable bonds is 6. The van der Waals surface area contributed by atoms with E-state index in [1.165, 1.54) is 0 Å². The Morgan fingerprint density at radius 3 is 2.22 bits per heavy atom. The molecule has 2 atom stereocenters. The van der Waals surface area contributed by atoms with Gasteiger partial charge in [0.05, 0.1) is 19.9 Å².